The molecule has 1 saturated carbocycles. The second-order valence-electron chi connectivity index (χ2n) is 7.72. The van der Waals surface area contributed by atoms with Gasteiger partial charge in [0.2, 0.25) is 0 Å². The summed E-state index contributed by atoms with van der Waals surface area (Å²) in [5, 5.41) is 16.0. The van der Waals surface area contributed by atoms with Gasteiger partial charge in [-0.15, -0.1) is 24.0 Å². The van der Waals surface area contributed by atoms with Gasteiger partial charge < -0.3 is 25.2 Å². The summed E-state index contributed by atoms with van der Waals surface area (Å²) in [6, 6.07) is 6.00. The maximum Gasteiger partial charge on any atom is 0.191 e. The molecule has 1 aliphatic carbocycles. The number of halogens is 1. The van der Waals surface area contributed by atoms with Gasteiger partial charge in [-0.1, -0.05) is 25.5 Å². The van der Waals surface area contributed by atoms with E-state index in [2.05, 4.69) is 30.5 Å². The van der Waals surface area contributed by atoms with Gasteiger partial charge in [0.05, 0.1) is 19.8 Å². The molecule has 0 bridgehead atoms. The number of methoxy groups -OCH3 is 1. The number of aliphatic imine (C=N–C) groups is 1. The van der Waals surface area contributed by atoms with Gasteiger partial charge in [0.15, 0.2) is 17.5 Å². The number of ether oxygens (including phenoxy) is 2. The van der Waals surface area contributed by atoms with E-state index in [9.17, 15) is 5.11 Å². The summed E-state index contributed by atoms with van der Waals surface area (Å²) in [6.07, 6.45) is 7.98. The van der Waals surface area contributed by atoms with Crippen LogP contribution in [-0.4, -0.2) is 44.0 Å². The van der Waals surface area contributed by atoms with Crippen LogP contribution in [0.3, 0.4) is 0 Å². The van der Waals surface area contributed by atoms with E-state index in [1.807, 2.05) is 12.1 Å². The molecule has 0 saturated heterocycles. The average molecular weight is 533 g/mol. The van der Waals surface area contributed by atoms with Gasteiger partial charge in [-0.25, -0.2) is 4.99 Å². The summed E-state index contributed by atoms with van der Waals surface area (Å²) in [5.74, 6) is 2.84. The fraction of sp³-hybridized carbons (Fsp3) is 0.696. The van der Waals surface area contributed by atoms with Crippen LogP contribution in [0.1, 0.15) is 64.4 Å². The number of aliphatic hydroxyl groups excluding tert-OH is 1. The largest absolute Gasteiger partial charge is 0.493 e. The third-order valence-corrected chi connectivity index (χ3v) is 5.41. The fourth-order valence-electron chi connectivity index (χ4n) is 3.84. The van der Waals surface area contributed by atoms with Gasteiger partial charge in [0.25, 0.3) is 0 Å². The summed E-state index contributed by atoms with van der Waals surface area (Å²) < 4.78 is 11.9. The van der Waals surface area contributed by atoms with Crippen molar-refractivity contribution in [2.75, 3.05) is 26.8 Å². The second kappa shape index (κ2) is 15.6. The Kier molecular flexibility index (Phi) is 13.9. The third-order valence-electron chi connectivity index (χ3n) is 5.41. The van der Waals surface area contributed by atoms with Crippen LogP contribution in [0, 0.1) is 5.92 Å². The van der Waals surface area contributed by atoms with Crippen LogP contribution in [0.25, 0.3) is 0 Å². The zero-order chi connectivity index (χ0) is 20.9. The van der Waals surface area contributed by atoms with E-state index < -0.39 is 0 Å². The Bertz CT molecular complexity index is 616. The molecule has 1 atom stereocenters. The lowest BCUT2D eigenvalue weighted by molar-refractivity contribution is 0.198. The first-order valence-corrected chi connectivity index (χ1v) is 11.2. The molecule has 1 fully saturated rings. The highest BCUT2D eigenvalue weighted by Crippen LogP contribution is 2.35. The first-order valence-electron chi connectivity index (χ1n) is 11.2. The summed E-state index contributed by atoms with van der Waals surface area (Å²) in [5.41, 5.74) is 1.04. The molecule has 3 N–H and O–H groups in total. The van der Waals surface area contributed by atoms with Crippen LogP contribution >= 0.6 is 24.0 Å². The number of hydrogen-bond donors (Lipinski definition) is 3. The maximum absolute atomic E-state index is 9.28. The van der Waals surface area contributed by atoms with Gasteiger partial charge in [0, 0.05) is 25.3 Å². The minimum Gasteiger partial charge on any atom is -0.493 e. The molecular weight excluding hydrogens is 493 g/mol. The SMILES string of the molecule is CCCC(CCO)CNC(=NCc1cccc(OC)c1OC1CCCC1)NCC.I. The molecule has 0 radical (unpaired) electrons. The van der Waals surface area contributed by atoms with Crippen molar-refractivity contribution >= 4 is 29.9 Å². The Morgan fingerprint density at radius 3 is 2.60 bits per heavy atom. The topological polar surface area (TPSA) is 75.1 Å². The second-order valence-corrected chi connectivity index (χ2v) is 7.72. The highest BCUT2D eigenvalue weighted by atomic mass is 127. The maximum atomic E-state index is 9.28. The summed E-state index contributed by atoms with van der Waals surface area (Å²) in [6.45, 7) is 6.60. The van der Waals surface area contributed by atoms with E-state index in [4.69, 9.17) is 14.5 Å². The Hall–Kier alpha value is -1.22. The zero-order valence-corrected chi connectivity index (χ0v) is 21.1. The van der Waals surface area contributed by atoms with Crippen molar-refractivity contribution in [1.29, 1.82) is 0 Å². The minimum absolute atomic E-state index is 0. The molecule has 7 heteroatoms. The molecule has 172 valence electrons. The van der Waals surface area contributed by atoms with Crippen LogP contribution in [0.5, 0.6) is 11.5 Å². The van der Waals surface area contributed by atoms with E-state index in [1.165, 1.54) is 12.8 Å². The van der Waals surface area contributed by atoms with Crippen LogP contribution in [-0.2, 0) is 6.54 Å². The van der Waals surface area contributed by atoms with Gasteiger partial charge in [0.1, 0.15) is 0 Å². The van der Waals surface area contributed by atoms with Gasteiger partial charge in [-0.3, -0.25) is 0 Å². The van der Waals surface area contributed by atoms with E-state index in [0.29, 0.717) is 12.5 Å². The molecule has 1 unspecified atom stereocenters. The van der Waals surface area contributed by atoms with Crippen LogP contribution in [0.2, 0.25) is 0 Å². The lowest BCUT2D eigenvalue weighted by atomic mass is 10.0. The molecule has 30 heavy (non-hydrogen) atoms. The van der Waals surface area contributed by atoms with Crippen LogP contribution < -0.4 is 20.1 Å². The number of guanidine groups is 1. The molecule has 0 aliphatic heterocycles. The van der Waals surface area contributed by atoms with Gasteiger partial charge >= 0.3 is 0 Å². The molecule has 0 amide bonds. The van der Waals surface area contributed by atoms with Crippen molar-refractivity contribution in [2.45, 2.75) is 71.4 Å². The molecule has 1 aliphatic rings. The molecular formula is C23H40IN3O3. The van der Waals surface area contributed by atoms with Crippen LogP contribution in [0.4, 0.5) is 0 Å². The van der Waals surface area contributed by atoms with Gasteiger partial charge in [-0.2, -0.15) is 0 Å². The van der Waals surface area contributed by atoms with E-state index in [0.717, 1.165) is 68.2 Å². The van der Waals surface area contributed by atoms with E-state index >= 15 is 0 Å². The van der Waals surface area contributed by atoms with E-state index in [-0.39, 0.29) is 36.7 Å². The molecule has 0 heterocycles. The van der Waals surface area contributed by atoms with Crippen LogP contribution in [0.15, 0.2) is 23.2 Å². The standard InChI is InChI=1S/C23H39N3O3.HI/c1-4-9-18(14-15-27)16-25-23(24-5-2)26-17-19-10-8-13-21(28-3)22(19)29-20-11-6-7-12-20;/h8,10,13,18,20,27H,4-7,9,11-12,14-17H2,1-3H3,(H2,24,25,26);1H. The van der Waals surface area contributed by atoms with Crippen molar-refractivity contribution < 1.29 is 14.6 Å². The Morgan fingerprint density at radius 2 is 1.97 bits per heavy atom. The van der Waals surface area contributed by atoms with Gasteiger partial charge in [-0.05, 0) is 57.4 Å². The highest BCUT2D eigenvalue weighted by molar-refractivity contribution is 14.0. The normalized spacial score (nSPS) is 15.4. The summed E-state index contributed by atoms with van der Waals surface area (Å²) >= 11 is 0. The zero-order valence-electron chi connectivity index (χ0n) is 18.8. The predicted molar refractivity (Wildman–Crippen MR) is 134 cm³/mol. The summed E-state index contributed by atoms with van der Waals surface area (Å²) in [7, 11) is 1.69. The smallest absolute Gasteiger partial charge is 0.191 e. The summed E-state index contributed by atoms with van der Waals surface area (Å²) in [4.78, 5) is 4.78. The van der Waals surface area contributed by atoms with E-state index in [1.54, 1.807) is 7.11 Å². The number of aliphatic hydroxyl groups is 1. The van der Waals surface area contributed by atoms with Crippen molar-refractivity contribution in [2.24, 2.45) is 10.9 Å². The number of hydrogen-bond acceptors (Lipinski definition) is 4. The Labute approximate surface area is 199 Å². The quantitative estimate of drug-likeness (QED) is 0.210. The first-order chi connectivity index (χ1) is 14.2. The van der Waals surface area contributed by atoms with Crippen molar-refractivity contribution in [3.8, 4) is 11.5 Å². The molecule has 2 rings (SSSR count). The lowest BCUT2D eigenvalue weighted by Gasteiger charge is -2.20. The monoisotopic (exact) mass is 533 g/mol. The number of para-hydroxylation sites is 1. The number of benzene rings is 1. The molecule has 0 spiro atoms. The van der Waals surface area contributed by atoms with Crippen molar-refractivity contribution in [3.05, 3.63) is 23.8 Å². The molecule has 1 aromatic carbocycles. The predicted octanol–water partition coefficient (Wildman–Crippen LogP) is 4.49. The first kappa shape index (κ1) is 26.8. The Morgan fingerprint density at radius 1 is 1.20 bits per heavy atom. The minimum atomic E-state index is 0. The fourth-order valence-corrected chi connectivity index (χ4v) is 3.84. The number of nitrogens with one attached hydrogen (secondary N) is 2. The molecule has 0 aromatic heterocycles. The average Bonchev–Trinajstić information content (AvgIpc) is 3.24. The molecule has 6 nitrogen and oxygen atoms in total. The third kappa shape index (κ3) is 8.88. The van der Waals surface area contributed by atoms with Crippen molar-refractivity contribution in [3.63, 3.8) is 0 Å². The highest BCUT2D eigenvalue weighted by Gasteiger charge is 2.20. The van der Waals surface area contributed by atoms with Crippen molar-refractivity contribution in [1.82, 2.24) is 10.6 Å². The lowest BCUT2D eigenvalue weighted by Crippen LogP contribution is -2.40. The number of nitrogens with zero attached hydrogens (tertiary/aromatic N) is 1. The molecule has 1 aromatic rings. The Balaban J connectivity index is 0.00000450. The number of rotatable bonds is 12.